The second-order valence-corrected chi connectivity index (χ2v) is 6.45. The van der Waals surface area contributed by atoms with Gasteiger partial charge in [0.1, 0.15) is 5.75 Å². The molecule has 6 nitrogen and oxygen atoms in total. The largest absolute Gasteiger partial charge is 0.491 e. The maximum atomic E-state index is 11.9. The second-order valence-electron chi connectivity index (χ2n) is 6.45. The van der Waals surface area contributed by atoms with Crippen LogP contribution >= 0.6 is 0 Å². The Hall–Kier alpha value is -3.15. The van der Waals surface area contributed by atoms with Crippen LogP contribution in [0.4, 0.5) is 5.69 Å². The summed E-state index contributed by atoms with van der Waals surface area (Å²) in [6, 6.07) is 14.9. The van der Waals surface area contributed by atoms with Crippen molar-refractivity contribution in [3.8, 4) is 5.75 Å². The van der Waals surface area contributed by atoms with Gasteiger partial charge < -0.3 is 10.1 Å². The molecule has 0 aliphatic carbocycles. The smallest absolute Gasteiger partial charge is 0.240 e. The molecule has 2 aromatic rings. The summed E-state index contributed by atoms with van der Waals surface area (Å²) < 4.78 is 5.61. The molecule has 0 aromatic heterocycles. The van der Waals surface area contributed by atoms with Gasteiger partial charge >= 0.3 is 0 Å². The van der Waals surface area contributed by atoms with Crippen LogP contribution in [0.2, 0.25) is 0 Å². The molecule has 0 saturated carbocycles. The first-order valence-electron chi connectivity index (χ1n) is 8.87. The molecule has 6 heteroatoms. The summed E-state index contributed by atoms with van der Waals surface area (Å²) in [4.78, 5) is 23.7. The van der Waals surface area contributed by atoms with E-state index in [1.54, 1.807) is 0 Å². The number of nitrogens with zero attached hydrogens (tertiary/aromatic N) is 1. The normalized spacial score (nSPS) is 10.8. The average molecular weight is 367 g/mol. The Kier molecular flexibility index (Phi) is 7.55. The molecule has 0 saturated heterocycles. The summed E-state index contributed by atoms with van der Waals surface area (Å²) in [5.41, 5.74) is 5.07. The van der Waals surface area contributed by atoms with Crippen molar-refractivity contribution in [3.05, 3.63) is 59.7 Å². The number of benzene rings is 2. The van der Waals surface area contributed by atoms with Gasteiger partial charge in [0, 0.05) is 18.5 Å². The Labute approximate surface area is 159 Å². The molecule has 0 fully saturated rings. The van der Waals surface area contributed by atoms with E-state index < -0.39 is 0 Å². The summed E-state index contributed by atoms with van der Waals surface area (Å²) in [6.07, 6.45) is 1.78. The Morgan fingerprint density at radius 2 is 1.78 bits per heavy atom. The number of aryl methyl sites for hydroxylation is 1. The summed E-state index contributed by atoms with van der Waals surface area (Å²) in [5, 5.41) is 6.68. The van der Waals surface area contributed by atoms with E-state index >= 15 is 0 Å². The highest BCUT2D eigenvalue weighted by atomic mass is 16.5. The van der Waals surface area contributed by atoms with E-state index in [0.717, 1.165) is 16.9 Å². The third-order valence-corrected chi connectivity index (χ3v) is 3.55. The van der Waals surface area contributed by atoms with Crippen LogP contribution in [0.5, 0.6) is 5.75 Å². The number of amides is 2. The number of carbonyl (C=O) groups excluding carboxylic acids is 2. The highest BCUT2D eigenvalue weighted by molar-refractivity contribution is 5.93. The van der Waals surface area contributed by atoms with Crippen LogP contribution in [0, 0.1) is 6.92 Å². The van der Waals surface area contributed by atoms with Crippen LogP contribution in [0.3, 0.4) is 0 Å². The second kappa shape index (κ2) is 10.1. The molecule has 27 heavy (non-hydrogen) atoms. The minimum Gasteiger partial charge on any atom is -0.491 e. The fourth-order valence-electron chi connectivity index (χ4n) is 2.26. The molecule has 2 amide bonds. The van der Waals surface area contributed by atoms with Gasteiger partial charge in [-0.2, -0.15) is 5.10 Å². The minimum absolute atomic E-state index is 0.0610. The van der Waals surface area contributed by atoms with Crippen molar-refractivity contribution >= 4 is 23.7 Å². The van der Waals surface area contributed by atoms with Gasteiger partial charge in [-0.3, -0.25) is 9.59 Å². The van der Waals surface area contributed by atoms with Crippen LogP contribution in [0.15, 0.2) is 53.6 Å². The highest BCUT2D eigenvalue weighted by Crippen LogP contribution is 2.13. The van der Waals surface area contributed by atoms with Gasteiger partial charge in [-0.1, -0.05) is 29.8 Å². The van der Waals surface area contributed by atoms with Gasteiger partial charge in [-0.05, 0) is 50.6 Å². The van der Waals surface area contributed by atoms with Gasteiger partial charge in [-0.15, -0.1) is 0 Å². The summed E-state index contributed by atoms with van der Waals surface area (Å²) in [5.74, 6) is 0.212. The maximum absolute atomic E-state index is 11.9. The fraction of sp³-hybridized carbons (Fsp3) is 0.286. The molecule has 0 atom stereocenters. The van der Waals surface area contributed by atoms with Gasteiger partial charge in [0.2, 0.25) is 11.8 Å². The molecule has 2 rings (SSSR count). The molecule has 2 aromatic carbocycles. The molecule has 0 heterocycles. The Morgan fingerprint density at radius 1 is 1.07 bits per heavy atom. The number of nitrogens with one attached hydrogen (secondary N) is 2. The Balaban J connectivity index is 1.74. The van der Waals surface area contributed by atoms with Crippen LogP contribution in [0.25, 0.3) is 0 Å². The predicted octanol–water partition coefficient (Wildman–Crippen LogP) is 3.65. The molecule has 142 valence electrons. The maximum Gasteiger partial charge on any atom is 0.240 e. The molecule has 0 bridgehead atoms. The van der Waals surface area contributed by atoms with Crippen molar-refractivity contribution in [2.45, 2.75) is 39.7 Å². The van der Waals surface area contributed by atoms with Gasteiger partial charge in [0.05, 0.1) is 12.3 Å². The molecular weight excluding hydrogens is 342 g/mol. The van der Waals surface area contributed by atoms with E-state index in [2.05, 4.69) is 15.8 Å². The van der Waals surface area contributed by atoms with Crippen molar-refractivity contribution in [1.82, 2.24) is 5.43 Å². The Morgan fingerprint density at radius 3 is 2.48 bits per heavy atom. The first-order valence-corrected chi connectivity index (χ1v) is 8.87. The van der Waals surface area contributed by atoms with Crippen molar-refractivity contribution in [2.24, 2.45) is 5.10 Å². The number of hydrogen-bond acceptors (Lipinski definition) is 4. The lowest BCUT2D eigenvalue weighted by Crippen LogP contribution is -2.20. The fourth-order valence-corrected chi connectivity index (χ4v) is 2.26. The molecule has 0 aliphatic rings. The van der Waals surface area contributed by atoms with Crippen molar-refractivity contribution in [2.75, 3.05) is 5.32 Å². The standard InChI is InChI=1S/C21H25N3O3/c1-15(2)27-19-6-4-5-17(13-19)14-22-24-21(26)12-11-20(25)23-18-9-7-16(3)8-10-18/h4-10,13-15H,11-12H2,1-3H3,(H,23,25)(H,24,26). The number of carbonyl (C=O) groups is 2. The topological polar surface area (TPSA) is 79.8 Å². The number of hydrogen-bond donors (Lipinski definition) is 2. The lowest BCUT2D eigenvalue weighted by molar-refractivity contribution is -0.124. The van der Waals surface area contributed by atoms with E-state index in [0.29, 0.717) is 5.69 Å². The van der Waals surface area contributed by atoms with E-state index in [1.165, 1.54) is 6.21 Å². The van der Waals surface area contributed by atoms with Gasteiger partial charge in [0.25, 0.3) is 0 Å². The van der Waals surface area contributed by atoms with E-state index in [-0.39, 0.29) is 30.8 Å². The molecule has 0 aliphatic heterocycles. The number of hydrazone groups is 1. The first kappa shape index (κ1) is 20.2. The summed E-state index contributed by atoms with van der Waals surface area (Å²) in [7, 11) is 0. The van der Waals surface area contributed by atoms with Crippen molar-refractivity contribution < 1.29 is 14.3 Å². The quantitative estimate of drug-likeness (QED) is 0.552. The number of ether oxygens (including phenoxy) is 1. The molecule has 2 N–H and O–H groups in total. The third kappa shape index (κ3) is 7.73. The number of anilines is 1. The van der Waals surface area contributed by atoms with Crippen LogP contribution in [0.1, 0.15) is 37.8 Å². The monoisotopic (exact) mass is 367 g/mol. The van der Waals surface area contributed by atoms with Crippen molar-refractivity contribution in [3.63, 3.8) is 0 Å². The van der Waals surface area contributed by atoms with Gasteiger partial charge in [0.15, 0.2) is 0 Å². The molecular formula is C21H25N3O3. The number of rotatable bonds is 8. The lowest BCUT2D eigenvalue weighted by atomic mass is 10.2. The molecule has 0 radical (unpaired) electrons. The highest BCUT2D eigenvalue weighted by Gasteiger charge is 2.06. The third-order valence-electron chi connectivity index (χ3n) is 3.55. The summed E-state index contributed by atoms with van der Waals surface area (Å²) in [6.45, 7) is 5.88. The Bertz CT molecular complexity index is 799. The molecule has 0 unspecified atom stereocenters. The zero-order valence-corrected chi connectivity index (χ0v) is 15.9. The SMILES string of the molecule is Cc1ccc(NC(=O)CCC(=O)NN=Cc2cccc(OC(C)C)c2)cc1. The average Bonchev–Trinajstić information content (AvgIpc) is 2.62. The zero-order chi connectivity index (χ0) is 19.6. The van der Waals surface area contributed by atoms with E-state index in [9.17, 15) is 9.59 Å². The van der Waals surface area contributed by atoms with Gasteiger partial charge in [-0.25, -0.2) is 5.43 Å². The zero-order valence-electron chi connectivity index (χ0n) is 15.9. The molecule has 0 spiro atoms. The van der Waals surface area contributed by atoms with Crippen LogP contribution in [-0.4, -0.2) is 24.1 Å². The summed E-state index contributed by atoms with van der Waals surface area (Å²) >= 11 is 0. The van der Waals surface area contributed by atoms with Crippen LogP contribution in [-0.2, 0) is 9.59 Å². The van der Waals surface area contributed by atoms with E-state index in [4.69, 9.17) is 4.74 Å². The van der Waals surface area contributed by atoms with E-state index in [1.807, 2.05) is 69.3 Å². The first-order chi connectivity index (χ1) is 12.9. The van der Waals surface area contributed by atoms with Crippen LogP contribution < -0.4 is 15.5 Å². The minimum atomic E-state index is -0.320. The predicted molar refractivity (Wildman–Crippen MR) is 107 cm³/mol. The van der Waals surface area contributed by atoms with Crippen molar-refractivity contribution in [1.29, 1.82) is 0 Å². The lowest BCUT2D eigenvalue weighted by Gasteiger charge is -2.09.